The van der Waals surface area contributed by atoms with Gasteiger partial charge in [0.05, 0.1) is 11.7 Å². The van der Waals surface area contributed by atoms with Gasteiger partial charge in [-0.05, 0) is 27.7 Å². The number of rotatable bonds is 4. The molecular formula is C11H17N5S. The average molecular weight is 251 g/mol. The van der Waals surface area contributed by atoms with Crippen LogP contribution in [0.25, 0.3) is 0 Å². The number of anilines is 1. The van der Waals surface area contributed by atoms with Crippen LogP contribution in [0.15, 0.2) is 5.51 Å². The molecule has 2 aromatic rings. The molecule has 2 rings (SSSR count). The predicted molar refractivity (Wildman–Crippen MR) is 69.3 cm³/mol. The minimum absolute atomic E-state index is 0.197. The second kappa shape index (κ2) is 4.83. The Morgan fingerprint density at radius 3 is 2.76 bits per heavy atom. The van der Waals surface area contributed by atoms with Crippen molar-refractivity contribution >= 4 is 16.5 Å². The minimum Gasteiger partial charge on any atom is -0.353 e. The first-order valence-electron chi connectivity index (χ1n) is 5.70. The Labute approximate surface area is 105 Å². The summed E-state index contributed by atoms with van der Waals surface area (Å²) in [5.41, 5.74) is 5.27. The summed E-state index contributed by atoms with van der Waals surface area (Å²) in [5, 5.41) is 16.5. The van der Waals surface area contributed by atoms with Crippen LogP contribution in [0.1, 0.15) is 36.8 Å². The van der Waals surface area contributed by atoms with E-state index in [4.69, 9.17) is 0 Å². The van der Waals surface area contributed by atoms with Gasteiger partial charge in [0.15, 0.2) is 0 Å². The maximum atomic E-state index is 4.52. The lowest BCUT2D eigenvalue weighted by Crippen LogP contribution is -2.09. The molecular weight excluding hydrogens is 234 g/mol. The van der Waals surface area contributed by atoms with E-state index in [-0.39, 0.29) is 6.04 Å². The Hall–Kier alpha value is -1.43. The van der Waals surface area contributed by atoms with Crippen LogP contribution in [0.3, 0.4) is 0 Å². The molecule has 6 heteroatoms. The van der Waals surface area contributed by atoms with Gasteiger partial charge in [0.1, 0.15) is 5.51 Å². The molecule has 0 spiro atoms. The Kier molecular flexibility index (Phi) is 3.42. The first-order valence-corrected chi connectivity index (χ1v) is 6.58. The third-order valence-corrected chi connectivity index (χ3v) is 3.49. The SMILES string of the molecule is CCn1nc(C)c(C(C)Nc2nncs2)c1C. The lowest BCUT2D eigenvalue weighted by atomic mass is 10.1. The van der Waals surface area contributed by atoms with E-state index < -0.39 is 0 Å². The first kappa shape index (κ1) is 12.0. The number of hydrogen-bond donors (Lipinski definition) is 1. The Morgan fingerprint density at radius 1 is 1.47 bits per heavy atom. The highest BCUT2D eigenvalue weighted by molar-refractivity contribution is 7.13. The van der Waals surface area contributed by atoms with Gasteiger partial charge in [-0.15, -0.1) is 10.2 Å². The smallest absolute Gasteiger partial charge is 0.205 e. The van der Waals surface area contributed by atoms with Gasteiger partial charge < -0.3 is 5.32 Å². The number of aromatic nitrogens is 4. The van der Waals surface area contributed by atoms with Crippen molar-refractivity contribution < 1.29 is 0 Å². The van der Waals surface area contributed by atoms with E-state index in [1.165, 1.54) is 22.6 Å². The summed E-state index contributed by atoms with van der Waals surface area (Å²) in [4.78, 5) is 0. The van der Waals surface area contributed by atoms with Crippen molar-refractivity contribution in [2.75, 3.05) is 5.32 Å². The zero-order valence-electron chi connectivity index (χ0n) is 10.6. The number of nitrogens with zero attached hydrogens (tertiary/aromatic N) is 4. The standard InChI is InChI=1S/C11H17N5S/c1-5-16-9(4)10(8(3)15-16)7(2)13-11-14-12-6-17-11/h6-7H,5H2,1-4H3,(H,13,14). The molecule has 0 radical (unpaired) electrons. The largest absolute Gasteiger partial charge is 0.353 e. The predicted octanol–water partition coefficient (Wildman–Crippen LogP) is 2.54. The van der Waals surface area contributed by atoms with E-state index in [1.807, 2.05) is 11.6 Å². The molecule has 0 aliphatic rings. The summed E-state index contributed by atoms with van der Waals surface area (Å²) in [6.45, 7) is 9.28. The molecule has 17 heavy (non-hydrogen) atoms. The fourth-order valence-electron chi connectivity index (χ4n) is 2.14. The monoisotopic (exact) mass is 251 g/mol. The first-order chi connectivity index (χ1) is 8.13. The van der Waals surface area contributed by atoms with Gasteiger partial charge in [-0.3, -0.25) is 4.68 Å². The van der Waals surface area contributed by atoms with Crippen LogP contribution in [0.5, 0.6) is 0 Å². The molecule has 92 valence electrons. The number of nitrogens with one attached hydrogen (secondary N) is 1. The molecule has 1 N–H and O–H groups in total. The van der Waals surface area contributed by atoms with Crippen LogP contribution >= 0.6 is 11.3 Å². The average Bonchev–Trinajstić information content (AvgIpc) is 2.87. The Bertz CT molecular complexity index is 488. The van der Waals surface area contributed by atoms with E-state index in [0.29, 0.717) is 0 Å². The van der Waals surface area contributed by atoms with E-state index in [2.05, 4.69) is 41.4 Å². The van der Waals surface area contributed by atoms with Crippen molar-refractivity contribution in [3.05, 3.63) is 22.5 Å². The van der Waals surface area contributed by atoms with Crippen molar-refractivity contribution in [2.24, 2.45) is 0 Å². The highest BCUT2D eigenvalue weighted by Crippen LogP contribution is 2.25. The Morgan fingerprint density at radius 2 is 2.24 bits per heavy atom. The minimum atomic E-state index is 0.197. The molecule has 1 unspecified atom stereocenters. The van der Waals surface area contributed by atoms with Gasteiger partial charge in [0, 0.05) is 17.8 Å². The van der Waals surface area contributed by atoms with E-state index in [0.717, 1.165) is 17.4 Å². The van der Waals surface area contributed by atoms with Crippen LogP contribution in [0.2, 0.25) is 0 Å². The van der Waals surface area contributed by atoms with Crippen LogP contribution in [-0.2, 0) is 6.54 Å². The summed E-state index contributed by atoms with van der Waals surface area (Å²) >= 11 is 1.51. The molecule has 0 fully saturated rings. The van der Waals surface area contributed by atoms with Gasteiger partial charge >= 0.3 is 0 Å². The summed E-state index contributed by atoms with van der Waals surface area (Å²) in [7, 11) is 0. The normalized spacial score (nSPS) is 12.7. The molecule has 0 aliphatic carbocycles. The lowest BCUT2D eigenvalue weighted by molar-refractivity contribution is 0.632. The van der Waals surface area contributed by atoms with Crippen molar-refractivity contribution in [1.29, 1.82) is 0 Å². The van der Waals surface area contributed by atoms with E-state index in [9.17, 15) is 0 Å². The molecule has 5 nitrogen and oxygen atoms in total. The molecule has 1 atom stereocenters. The maximum absolute atomic E-state index is 4.52. The third kappa shape index (κ3) is 2.31. The number of aryl methyl sites for hydroxylation is 2. The van der Waals surface area contributed by atoms with Gasteiger partial charge in [-0.2, -0.15) is 5.10 Å². The second-order valence-electron chi connectivity index (χ2n) is 4.01. The summed E-state index contributed by atoms with van der Waals surface area (Å²) < 4.78 is 2.03. The molecule has 0 saturated heterocycles. The summed E-state index contributed by atoms with van der Waals surface area (Å²) in [5.74, 6) is 0. The van der Waals surface area contributed by atoms with Gasteiger partial charge in [-0.1, -0.05) is 11.3 Å². The third-order valence-electron chi connectivity index (χ3n) is 2.87. The van der Waals surface area contributed by atoms with Crippen molar-refractivity contribution in [3.8, 4) is 0 Å². The zero-order chi connectivity index (χ0) is 12.4. The lowest BCUT2D eigenvalue weighted by Gasteiger charge is -2.13. The van der Waals surface area contributed by atoms with E-state index >= 15 is 0 Å². The topological polar surface area (TPSA) is 55.6 Å². The van der Waals surface area contributed by atoms with Crippen molar-refractivity contribution in [1.82, 2.24) is 20.0 Å². The molecule has 0 aromatic carbocycles. The maximum Gasteiger partial charge on any atom is 0.205 e. The number of hydrogen-bond acceptors (Lipinski definition) is 5. The molecule has 2 heterocycles. The summed E-state index contributed by atoms with van der Waals surface area (Å²) in [6.07, 6.45) is 0. The summed E-state index contributed by atoms with van der Waals surface area (Å²) in [6, 6.07) is 0.197. The highest BCUT2D eigenvalue weighted by atomic mass is 32.1. The van der Waals surface area contributed by atoms with Crippen LogP contribution < -0.4 is 5.32 Å². The molecule has 0 amide bonds. The highest BCUT2D eigenvalue weighted by Gasteiger charge is 2.17. The van der Waals surface area contributed by atoms with Gasteiger partial charge in [0.25, 0.3) is 0 Å². The molecule has 2 aromatic heterocycles. The molecule has 0 saturated carbocycles. The van der Waals surface area contributed by atoms with Crippen LogP contribution in [0.4, 0.5) is 5.13 Å². The zero-order valence-corrected chi connectivity index (χ0v) is 11.4. The molecule has 0 bridgehead atoms. The van der Waals surface area contributed by atoms with E-state index in [1.54, 1.807) is 5.51 Å². The molecule has 0 aliphatic heterocycles. The van der Waals surface area contributed by atoms with Crippen LogP contribution in [-0.4, -0.2) is 20.0 Å². The van der Waals surface area contributed by atoms with Crippen molar-refractivity contribution in [3.63, 3.8) is 0 Å². The fourth-order valence-corrected chi connectivity index (χ4v) is 2.67. The van der Waals surface area contributed by atoms with Crippen molar-refractivity contribution in [2.45, 2.75) is 40.3 Å². The Balaban J connectivity index is 2.24. The van der Waals surface area contributed by atoms with Crippen LogP contribution in [0, 0.1) is 13.8 Å². The quantitative estimate of drug-likeness (QED) is 0.907. The fraction of sp³-hybridized carbons (Fsp3) is 0.545. The van der Waals surface area contributed by atoms with Gasteiger partial charge in [0.2, 0.25) is 5.13 Å². The second-order valence-corrected chi connectivity index (χ2v) is 4.84. The van der Waals surface area contributed by atoms with Gasteiger partial charge in [-0.25, -0.2) is 0 Å².